The molecule has 2 aliphatic rings. The fourth-order valence-electron chi connectivity index (χ4n) is 3.99. The lowest BCUT2D eigenvalue weighted by atomic mass is 9.76. The highest BCUT2D eigenvalue weighted by Gasteiger charge is 2.30. The van der Waals surface area contributed by atoms with E-state index in [1.807, 2.05) is 0 Å². The minimum atomic E-state index is 0.668. The molecular weight excluding hydrogens is 392 g/mol. The number of rotatable bonds is 4. The highest BCUT2D eigenvalue weighted by Crippen LogP contribution is 2.41. The van der Waals surface area contributed by atoms with Crippen LogP contribution in [-0.2, 0) is 12.8 Å². The molecule has 116 valence electrons. The van der Waals surface area contributed by atoms with Crippen LogP contribution in [0.25, 0.3) is 0 Å². The second-order valence-electron chi connectivity index (χ2n) is 6.60. The predicted octanol–water partition coefficient (Wildman–Crippen LogP) is 5.91. The highest BCUT2D eigenvalue weighted by atomic mass is 79.9. The zero-order valence-corrected chi connectivity index (χ0v) is 15.9. The molecule has 3 rings (SSSR count). The molecule has 1 nitrogen and oxygen atoms in total. The summed E-state index contributed by atoms with van der Waals surface area (Å²) in [6.07, 6.45) is 9.01. The van der Waals surface area contributed by atoms with E-state index in [-0.39, 0.29) is 0 Å². The van der Waals surface area contributed by atoms with E-state index in [2.05, 4.69) is 50.9 Å². The van der Waals surface area contributed by atoms with Crippen molar-refractivity contribution in [3.8, 4) is 5.75 Å². The highest BCUT2D eigenvalue weighted by molar-refractivity contribution is 9.10. The van der Waals surface area contributed by atoms with Gasteiger partial charge in [-0.05, 0) is 60.8 Å². The van der Waals surface area contributed by atoms with Gasteiger partial charge in [0.1, 0.15) is 5.75 Å². The zero-order chi connectivity index (χ0) is 14.8. The third kappa shape index (κ3) is 3.67. The lowest BCUT2D eigenvalue weighted by Crippen LogP contribution is -2.27. The summed E-state index contributed by atoms with van der Waals surface area (Å²) in [5.74, 6) is 2.85. The molecule has 0 spiro atoms. The summed E-state index contributed by atoms with van der Waals surface area (Å²) in [5, 5.41) is 0. The smallest absolute Gasteiger partial charge is 0.125 e. The normalized spacial score (nSPS) is 28.2. The molecule has 0 bridgehead atoms. The van der Waals surface area contributed by atoms with Crippen LogP contribution >= 0.6 is 31.9 Å². The lowest BCUT2D eigenvalue weighted by molar-refractivity contribution is 0.261. The van der Waals surface area contributed by atoms with Crippen molar-refractivity contribution < 1.29 is 4.74 Å². The van der Waals surface area contributed by atoms with Crippen LogP contribution in [0.4, 0.5) is 0 Å². The average molecular weight is 416 g/mol. The van der Waals surface area contributed by atoms with Gasteiger partial charge in [0, 0.05) is 15.7 Å². The Hall–Kier alpha value is -0.0200. The molecule has 0 amide bonds. The summed E-state index contributed by atoms with van der Waals surface area (Å²) in [6.45, 7) is 3.16. The van der Waals surface area contributed by atoms with E-state index in [9.17, 15) is 0 Å². The molecule has 0 radical (unpaired) electrons. The first-order valence-electron chi connectivity index (χ1n) is 8.25. The van der Waals surface area contributed by atoms with Gasteiger partial charge in [-0.2, -0.15) is 0 Å². The van der Waals surface area contributed by atoms with Crippen LogP contribution in [0, 0.1) is 11.8 Å². The van der Waals surface area contributed by atoms with E-state index < -0.39 is 0 Å². The molecule has 0 aromatic heterocycles. The standard InChI is InChI=1S/C18H24Br2O/c1-2-3-12-4-5-17(20)14(8-12)9-15-11-16(19)10-13-6-7-21-18(13)15/h10-12,14,17H,2-9H2,1H3. The van der Waals surface area contributed by atoms with Crippen LogP contribution in [0.5, 0.6) is 5.75 Å². The number of halogens is 2. The topological polar surface area (TPSA) is 9.23 Å². The fourth-order valence-corrected chi connectivity index (χ4v) is 5.21. The van der Waals surface area contributed by atoms with Crippen LogP contribution in [0.3, 0.4) is 0 Å². The Morgan fingerprint density at radius 3 is 2.95 bits per heavy atom. The van der Waals surface area contributed by atoms with E-state index in [1.54, 1.807) is 0 Å². The van der Waals surface area contributed by atoms with Crippen molar-refractivity contribution in [3.05, 3.63) is 27.7 Å². The van der Waals surface area contributed by atoms with Gasteiger partial charge < -0.3 is 4.74 Å². The maximum atomic E-state index is 5.90. The second-order valence-corrected chi connectivity index (χ2v) is 8.69. The van der Waals surface area contributed by atoms with Crippen LogP contribution in [0.15, 0.2) is 16.6 Å². The Kier molecular flexibility index (Phi) is 5.32. The van der Waals surface area contributed by atoms with Crippen molar-refractivity contribution in [3.63, 3.8) is 0 Å². The molecule has 1 aliphatic heterocycles. The van der Waals surface area contributed by atoms with Gasteiger partial charge in [0.25, 0.3) is 0 Å². The van der Waals surface area contributed by atoms with Crippen molar-refractivity contribution in [2.24, 2.45) is 11.8 Å². The van der Waals surface area contributed by atoms with E-state index >= 15 is 0 Å². The quantitative estimate of drug-likeness (QED) is 0.555. The number of alkyl halides is 1. The zero-order valence-electron chi connectivity index (χ0n) is 12.7. The summed E-state index contributed by atoms with van der Waals surface area (Å²) < 4.78 is 7.10. The Morgan fingerprint density at radius 2 is 2.14 bits per heavy atom. The van der Waals surface area contributed by atoms with E-state index in [0.29, 0.717) is 4.83 Å². The lowest BCUT2D eigenvalue weighted by Gasteiger charge is -2.33. The fraction of sp³-hybridized carbons (Fsp3) is 0.667. The molecule has 1 aromatic carbocycles. The maximum Gasteiger partial charge on any atom is 0.125 e. The summed E-state index contributed by atoms with van der Waals surface area (Å²) >= 11 is 7.60. The minimum absolute atomic E-state index is 0.668. The third-order valence-electron chi connectivity index (χ3n) is 5.00. The molecule has 1 fully saturated rings. The van der Waals surface area contributed by atoms with Gasteiger partial charge in [-0.3, -0.25) is 0 Å². The summed E-state index contributed by atoms with van der Waals surface area (Å²) in [7, 11) is 0. The molecule has 0 N–H and O–H groups in total. The first-order valence-corrected chi connectivity index (χ1v) is 9.96. The van der Waals surface area contributed by atoms with Crippen LogP contribution in [-0.4, -0.2) is 11.4 Å². The van der Waals surface area contributed by atoms with Gasteiger partial charge >= 0.3 is 0 Å². The SMILES string of the molecule is CCCC1CCC(Br)C(Cc2cc(Br)cc3c2OCC3)C1. The van der Waals surface area contributed by atoms with E-state index in [4.69, 9.17) is 4.74 Å². The van der Waals surface area contributed by atoms with Crippen molar-refractivity contribution in [2.75, 3.05) is 6.61 Å². The van der Waals surface area contributed by atoms with E-state index in [1.165, 1.54) is 53.5 Å². The number of benzene rings is 1. The van der Waals surface area contributed by atoms with Gasteiger partial charge in [0.2, 0.25) is 0 Å². The molecule has 21 heavy (non-hydrogen) atoms. The number of fused-ring (bicyclic) bond motifs is 1. The van der Waals surface area contributed by atoms with Crippen LogP contribution in [0.1, 0.15) is 50.2 Å². The Balaban J connectivity index is 1.76. The van der Waals surface area contributed by atoms with Gasteiger partial charge in [-0.1, -0.05) is 51.6 Å². The van der Waals surface area contributed by atoms with Crippen molar-refractivity contribution in [1.29, 1.82) is 0 Å². The van der Waals surface area contributed by atoms with E-state index in [0.717, 1.165) is 31.3 Å². The van der Waals surface area contributed by atoms with Gasteiger partial charge in [0.15, 0.2) is 0 Å². The van der Waals surface area contributed by atoms with Crippen molar-refractivity contribution >= 4 is 31.9 Å². The molecule has 3 heteroatoms. The molecule has 1 saturated carbocycles. The minimum Gasteiger partial charge on any atom is -0.493 e. The molecular formula is C18H24Br2O. The molecule has 1 aliphatic carbocycles. The largest absolute Gasteiger partial charge is 0.493 e. The van der Waals surface area contributed by atoms with Crippen LogP contribution in [0.2, 0.25) is 0 Å². The third-order valence-corrected chi connectivity index (χ3v) is 6.67. The number of hydrogen-bond acceptors (Lipinski definition) is 1. The predicted molar refractivity (Wildman–Crippen MR) is 95.5 cm³/mol. The van der Waals surface area contributed by atoms with Crippen molar-refractivity contribution in [1.82, 2.24) is 0 Å². The number of ether oxygens (including phenoxy) is 1. The molecule has 1 heterocycles. The summed E-state index contributed by atoms with van der Waals surface area (Å²) in [6, 6.07) is 4.49. The molecule has 0 saturated heterocycles. The van der Waals surface area contributed by atoms with Gasteiger partial charge in [0.05, 0.1) is 6.61 Å². The molecule has 3 unspecified atom stereocenters. The van der Waals surface area contributed by atoms with Crippen LogP contribution < -0.4 is 4.74 Å². The Bertz CT molecular complexity index is 500. The van der Waals surface area contributed by atoms with Gasteiger partial charge in [-0.15, -0.1) is 0 Å². The molecule has 1 aromatic rings. The summed E-state index contributed by atoms with van der Waals surface area (Å²) in [4.78, 5) is 0.668. The summed E-state index contributed by atoms with van der Waals surface area (Å²) in [5.41, 5.74) is 2.79. The number of hydrogen-bond donors (Lipinski definition) is 0. The monoisotopic (exact) mass is 414 g/mol. The first-order chi connectivity index (χ1) is 10.2. The van der Waals surface area contributed by atoms with Gasteiger partial charge in [-0.25, -0.2) is 0 Å². The maximum absolute atomic E-state index is 5.90. The Labute approximate surface area is 145 Å². The second kappa shape index (κ2) is 7.04. The average Bonchev–Trinajstić information content (AvgIpc) is 2.91. The Morgan fingerprint density at radius 1 is 1.29 bits per heavy atom. The first kappa shape index (κ1) is 15.9. The molecule has 3 atom stereocenters. The van der Waals surface area contributed by atoms with Crippen molar-refractivity contribution in [2.45, 2.75) is 56.7 Å².